The summed E-state index contributed by atoms with van der Waals surface area (Å²) in [6, 6.07) is 7.94. The van der Waals surface area contributed by atoms with Crippen molar-refractivity contribution in [3.8, 4) is 0 Å². The molecule has 0 aromatic carbocycles. The molecule has 3 N–H and O–H groups in total. The van der Waals surface area contributed by atoms with Crippen LogP contribution in [0.2, 0.25) is 0 Å². The molecule has 5 heterocycles. The van der Waals surface area contributed by atoms with Gasteiger partial charge in [0.25, 0.3) is 5.91 Å². The average Bonchev–Trinajstić information content (AvgIpc) is 3.57. The molecule has 10 nitrogen and oxygen atoms in total. The van der Waals surface area contributed by atoms with Crippen LogP contribution < -0.4 is 10.6 Å². The van der Waals surface area contributed by atoms with Crippen molar-refractivity contribution in [1.82, 2.24) is 25.4 Å². The zero-order valence-corrected chi connectivity index (χ0v) is 18.1. The first-order valence-corrected chi connectivity index (χ1v) is 11.5. The summed E-state index contributed by atoms with van der Waals surface area (Å²) in [6.45, 7) is 0.868. The average molecular weight is 447 g/mol. The Morgan fingerprint density at radius 2 is 2.15 bits per heavy atom. The van der Waals surface area contributed by atoms with Crippen LogP contribution in [0.3, 0.4) is 0 Å². The zero-order chi connectivity index (χ0) is 22.2. The van der Waals surface area contributed by atoms with Crippen LogP contribution in [0.25, 0.3) is 0 Å². The van der Waals surface area contributed by atoms with E-state index in [1.54, 1.807) is 12.3 Å². The van der Waals surface area contributed by atoms with E-state index >= 15 is 0 Å². The van der Waals surface area contributed by atoms with Crippen molar-refractivity contribution in [3.63, 3.8) is 0 Å². The lowest BCUT2D eigenvalue weighted by atomic mass is 9.93. The minimum Gasteiger partial charge on any atom is -0.488 e. The molecular formula is C23H26N8O2. The molecule has 2 aromatic heterocycles. The third kappa shape index (κ3) is 3.85. The zero-order valence-electron chi connectivity index (χ0n) is 18.1. The Kier molecular flexibility index (Phi) is 5.04. The number of amidine groups is 1. The van der Waals surface area contributed by atoms with E-state index < -0.39 is 0 Å². The van der Waals surface area contributed by atoms with Gasteiger partial charge in [-0.3, -0.25) is 14.9 Å². The number of aromatic amines is 1. The lowest BCUT2D eigenvalue weighted by Crippen LogP contribution is -2.43. The standard InChI is InChI=1S/C23H26N8O2/c32-22(25-14-5-3-6-14)17-13-19(30-29-17)27-21-20-16(9-12-33-20)26-23(28-21)31-11-4-8-18(31)15-7-1-2-10-24-15/h1-2,7,9-10,12-14,16,18,20H,3-6,8,11H2,(H,25,32)(H2,26,27,28,29,30). The number of carbonyl (C=O) groups is 1. The second-order valence-electron chi connectivity index (χ2n) is 8.80. The molecule has 1 amide bonds. The van der Waals surface area contributed by atoms with Gasteiger partial charge in [0.05, 0.1) is 18.0 Å². The summed E-state index contributed by atoms with van der Waals surface area (Å²) >= 11 is 0. The number of hydrogen-bond acceptors (Lipinski definition) is 8. The molecule has 33 heavy (non-hydrogen) atoms. The number of aromatic nitrogens is 3. The molecular weight excluding hydrogens is 420 g/mol. The van der Waals surface area contributed by atoms with E-state index in [4.69, 9.17) is 14.7 Å². The Hall–Kier alpha value is -3.69. The number of aliphatic imine (C=N–C) groups is 2. The summed E-state index contributed by atoms with van der Waals surface area (Å²) in [6.07, 6.45) is 10.4. The number of likely N-dealkylation sites (tertiary alicyclic amines) is 1. The fraction of sp³-hybridized carbons (Fsp3) is 0.435. The number of amides is 1. The quantitative estimate of drug-likeness (QED) is 0.663. The maximum atomic E-state index is 12.4. The van der Waals surface area contributed by atoms with Crippen molar-refractivity contribution in [1.29, 1.82) is 0 Å². The van der Waals surface area contributed by atoms with Gasteiger partial charge in [-0.15, -0.1) is 0 Å². The number of nitrogens with zero attached hydrogens (tertiary/aromatic N) is 5. The molecule has 3 atom stereocenters. The molecule has 1 aliphatic carbocycles. The third-order valence-electron chi connectivity index (χ3n) is 6.62. The van der Waals surface area contributed by atoms with E-state index in [1.807, 2.05) is 24.4 Å². The van der Waals surface area contributed by atoms with Crippen LogP contribution in [0.4, 0.5) is 5.82 Å². The molecule has 10 heteroatoms. The Bertz CT molecular complexity index is 1120. The molecule has 3 aliphatic heterocycles. The van der Waals surface area contributed by atoms with Crippen molar-refractivity contribution < 1.29 is 9.53 Å². The first-order chi connectivity index (χ1) is 16.2. The second-order valence-corrected chi connectivity index (χ2v) is 8.80. The number of H-pyrrole nitrogens is 1. The van der Waals surface area contributed by atoms with Gasteiger partial charge in [0.2, 0.25) is 5.96 Å². The highest BCUT2D eigenvalue weighted by Crippen LogP contribution is 2.33. The highest BCUT2D eigenvalue weighted by molar-refractivity contribution is 6.08. The Morgan fingerprint density at radius 1 is 1.21 bits per heavy atom. The number of pyridine rings is 1. The Labute approximate surface area is 191 Å². The fourth-order valence-corrected chi connectivity index (χ4v) is 4.64. The summed E-state index contributed by atoms with van der Waals surface area (Å²) < 4.78 is 5.76. The van der Waals surface area contributed by atoms with E-state index in [0.29, 0.717) is 23.3 Å². The van der Waals surface area contributed by atoms with E-state index in [9.17, 15) is 4.79 Å². The maximum absolute atomic E-state index is 12.4. The molecule has 6 rings (SSSR count). The lowest BCUT2D eigenvalue weighted by molar-refractivity contribution is 0.0912. The molecule has 1 saturated heterocycles. The molecule has 3 unspecified atom stereocenters. The third-order valence-corrected chi connectivity index (χ3v) is 6.62. The van der Waals surface area contributed by atoms with Crippen molar-refractivity contribution in [3.05, 3.63) is 54.2 Å². The summed E-state index contributed by atoms with van der Waals surface area (Å²) in [7, 11) is 0. The SMILES string of the molecule is O=C(NC1CCC1)c1cc(NC2=NC(N3CCCC3c3ccccn3)=NC3C=COC23)n[nH]1. The maximum Gasteiger partial charge on any atom is 0.269 e. The van der Waals surface area contributed by atoms with Crippen LogP contribution in [-0.2, 0) is 4.74 Å². The van der Waals surface area contributed by atoms with Gasteiger partial charge in [-0.05, 0) is 50.3 Å². The molecule has 0 radical (unpaired) electrons. The van der Waals surface area contributed by atoms with Crippen molar-refractivity contribution >= 4 is 23.5 Å². The van der Waals surface area contributed by atoms with Gasteiger partial charge in [-0.25, -0.2) is 4.99 Å². The second kappa shape index (κ2) is 8.34. The molecule has 170 valence electrons. The largest absolute Gasteiger partial charge is 0.488 e. The minimum atomic E-state index is -0.339. The van der Waals surface area contributed by atoms with E-state index in [2.05, 4.69) is 36.8 Å². The van der Waals surface area contributed by atoms with E-state index in [0.717, 1.165) is 37.9 Å². The number of nitrogens with one attached hydrogen (secondary N) is 3. The fourth-order valence-electron chi connectivity index (χ4n) is 4.64. The van der Waals surface area contributed by atoms with Crippen LogP contribution in [0.5, 0.6) is 0 Å². The number of guanidine groups is 1. The van der Waals surface area contributed by atoms with Crippen molar-refractivity contribution in [2.45, 2.75) is 56.3 Å². The number of hydrogen-bond donors (Lipinski definition) is 3. The van der Waals surface area contributed by atoms with Crippen LogP contribution >= 0.6 is 0 Å². The van der Waals surface area contributed by atoms with Crippen LogP contribution in [0, 0.1) is 0 Å². The van der Waals surface area contributed by atoms with Gasteiger partial charge in [0, 0.05) is 24.8 Å². The summed E-state index contributed by atoms with van der Waals surface area (Å²) in [4.78, 5) is 28.9. The Balaban J connectivity index is 1.22. The molecule has 4 aliphatic rings. The van der Waals surface area contributed by atoms with Crippen molar-refractivity contribution in [2.75, 3.05) is 11.9 Å². The predicted molar refractivity (Wildman–Crippen MR) is 123 cm³/mol. The Morgan fingerprint density at radius 3 is 2.97 bits per heavy atom. The van der Waals surface area contributed by atoms with Gasteiger partial charge in [-0.2, -0.15) is 10.1 Å². The highest BCUT2D eigenvalue weighted by Gasteiger charge is 2.38. The summed E-state index contributed by atoms with van der Waals surface area (Å²) in [5, 5.41) is 13.4. The van der Waals surface area contributed by atoms with Gasteiger partial charge >= 0.3 is 0 Å². The smallest absolute Gasteiger partial charge is 0.269 e. The first kappa shape index (κ1) is 20.0. The van der Waals surface area contributed by atoms with Gasteiger partial charge in [0.15, 0.2) is 17.8 Å². The number of fused-ring (bicyclic) bond motifs is 1. The first-order valence-electron chi connectivity index (χ1n) is 11.5. The van der Waals surface area contributed by atoms with Crippen LogP contribution in [-0.4, -0.2) is 62.5 Å². The molecule has 2 fully saturated rings. The van der Waals surface area contributed by atoms with Gasteiger partial charge in [0.1, 0.15) is 11.7 Å². The van der Waals surface area contributed by atoms with E-state index in [-0.39, 0.29) is 30.1 Å². The predicted octanol–water partition coefficient (Wildman–Crippen LogP) is 2.39. The number of rotatable bonds is 4. The van der Waals surface area contributed by atoms with Gasteiger partial charge in [-0.1, -0.05) is 6.07 Å². The van der Waals surface area contributed by atoms with Crippen LogP contribution in [0.1, 0.15) is 54.3 Å². The molecule has 2 aromatic rings. The molecule has 1 saturated carbocycles. The van der Waals surface area contributed by atoms with Crippen LogP contribution in [0.15, 0.2) is 52.8 Å². The number of anilines is 1. The topological polar surface area (TPSA) is 120 Å². The molecule has 0 bridgehead atoms. The summed E-state index contributed by atoms with van der Waals surface area (Å²) in [5.41, 5.74) is 1.45. The van der Waals surface area contributed by atoms with E-state index in [1.165, 1.54) is 6.42 Å². The highest BCUT2D eigenvalue weighted by atomic mass is 16.5. The van der Waals surface area contributed by atoms with Crippen molar-refractivity contribution in [2.24, 2.45) is 9.98 Å². The molecule has 0 spiro atoms. The lowest BCUT2D eigenvalue weighted by Gasteiger charge is -2.30. The summed E-state index contributed by atoms with van der Waals surface area (Å²) in [5.74, 6) is 1.67. The normalized spacial score (nSPS) is 26.2. The van der Waals surface area contributed by atoms with Gasteiger partial charge < -0.3 is 20.3 Å². The number of carbonyl (C=O) groups excluding carboxylic acids is 1. The number of ether oxygens (including phenoxy) is 1. The monoisotopic (exact) mass is 446 g/mol. The minimum absolute atomic E-state index is 0.139.